The summed E-state index contributed by atoms with van der Waals surface area (Å²) in [5.41, 5.74) is 2.70. The predicted molar refractivity (Wildman–Crippen MR) is 97.4 cm³/mol. The fourth-order valence-electron chi connectivity index (χ4n) is 2.78. The smallest absolute Gasteiger partial charge is 0.0148 e. The van der Waals surface area contributed by atoms with Crippen molar-refractivity contribution in [3.63, 3.8) is 0 Å². The molecule has 0 aromatic heterocycles. The zero-order chi connectivity index (χ0) is 15.4. The molecule has 0 heteroatoms. The minimum atomic E-state index is 1.32. The third-order valence-corrected chi connectivity index (χ3v) is 3.98. The lowest BCUT2D eigenvalue weighted by Crippen LogP contribution is -1.81. The molecule has 0 bridgehead atoms. The zero-order valence-electron chi connectivity index (χ0n) is 13.1. The molecule has 0 amide bonds. The monoisotopic (exact) mass is 284 g/mol. The van der Waals surface area contributed by atoms with Gasteiger partial charge in [0.1, 0.15) is 0 Å². The van der Waals surface area contributed by atoms with Crippen molar-refractivity contribution in [2.75, 3.05) is 0 Å². The summed E-state index contributed by atoms with van der Waals surface area (Å²) in [7, 11) is 0. The second-order valence-electron chi connectivity index (χ2n) is 5.60. The zero-order valence-corrected chi connectivity index (χ0v) is 13.1. The number of benzene rings is 4. The molecule has 0 saturated carbocycles. The summed E-state index contributed by atoms with van der Waals surface area (Å²) in [5.74, 6) is 0. The highest BCUT2D eigenvalue weighted by Crippen LogP contribution is 2.27. The number of rotatable bonds is 0. The molecule has 0 fully saturated rings. The molecule has 0 aliphatic heterocycles. The third-order valence-electron chi connectivity index (χ3n) is 3.98. The maximum Gasteiger partial charge on any atom is -0.0148 e. The topological polar surface area (TPSA) is 0 Å². The molecule has 0 unspecified atom stereocenters. The minimum absolute atomic E-state index is 1.32. The average molecular weight is 284 g/mol. The molecular weight excluding hydrogens is 264 g/mol. The van der Waals surface area contributed by atoms with E-state index in [4.69, 9.17) is 0 Å². The summed E-state index contributed by atoms with van der Waals surface area (Å²) in [6.45, 7) is 4.28. The fraction of sp³-hybridized carbons (Fsp3) is 0.0909. The van der Waals surface area contributed by atoms with Crippen LogP contribution in [0.25, 0.3) is 21.5 Å². The van der Waals surface area contributed by atoms with Gasteiger partial charge in [0, 0.05) is 0 Å². The van der Waals surface area contributed by atoms with Gasteiger partial charge in [-0.2, -0.15) is 0 Å². The highest BCUT2D eigenvalue weighted by Gasteiger charge is 2.01. The van der Waals surface area contributed by atoms with Crippen molar-refractivity contribution < 1.29 is 0 Å². The van der Waals surface area contributed by atoms with Crippen molar-refractivity contribution in [1.29, 1.82) is 0 Å². The van der Waals surface area contributed by atoms with Crippen LogP contribution in [0.3, 0.4) is 0 Å². The van der Waals surface area contributed by atoms with Gasteiger partial charge in [-0.1, -0.05) is 84.4 Å². The van der Waals surface area contributed by atoms with Crippen molar-refractivity contribution in [3.05, 3.63) is 96.1 Å². The Morgan fingerprint density at radius 2 is 0.955 bits per heavy atom. The molecule has 0 radical (unpaired) electrons. The van der Waals surface area contributed by atoms with E-state index >= 15 is 0 Å². The molecule has 0 heterocycles. The molecule has 4 aromatic carbocycles. The van der Waals surface area contributed by atoms with Crippen molar-refractivity contribution in [2.24, 2.45) is 0 Å². The van der Waals surface area contributed by atoms with Crippen molar-refractivity contribution in [2.45, 2.75) is 13.8 Å². The van der Waals surface area contributed by atoms with Crippen LogP contribution in [0.15, 0.2) is 84.9 Å². The summed E-state index contributed by atoms with van der Waals surface area (Å²) in [4.78, 5) is 0. The molecule has 0 N–H and O–H groups in total. The van der Waals surface area contributed by atoms with Gasteiger partial charge in [0.2, 0.25) is 0 Å². The van der Waals surface area contributed by atoms with Crippen LogP contribution in [0.2, 0.25) is 0 Å². The highest BCUT2D eigenvalue weighted by molar-refractivity contribution is 6.01. The predicted octanol–water partition coefficient (Wildman–Crippen LogP) is 6.30. The standard InChI is InChI=1S/C15H12.C7H8/c1-11-14-8-4-2-6-12(14)10-13-7-3-5-9-15(11)13;1-7-5-3-2-4-6-7/h2-10H,1H3;2-6H,1H3. The van der Waals surface area contributed by atoms with Crippen LogP contribution in [-0.4, -0.2) is 0 Å². The Hall–Kier alpha value is -2.60. The molecule has 4 rings (SSSR count). The van der Waals surface area contributed by atoms with Crippen molar-refractivity contribution in [3.8, 4) is 0 Å². The minimum Gasteiger partial charge on any atom is -0.0622 e. The molecule has 0 aliphatic carbocycles. The molecular formula is C22H20. The Morgan fingerprint density at radius 3 is 1.41 bits per heavy atom. The first-order valence-corrected chi connectivity index (χ1v) is 7.64. The third kappa shape index (κ3) is 3.01. The first-order chi connectivity index (χ1) is 10.8. The lowest BCUT2D eigenvalue weighted by Gasteiger charge is -2.06. The van der Waals surface area contributed by atoms with E-state index in [1.54, 1.807) is 0 Å². The Bertz CT molecular complexity index is 835. The van der Waals surface area contributed by atoms with Crippen LogP contribution in [0.1, 0.15) is 11.1 Å². The van der Waals surface area contributed by atoms with Gasteiger partial charge in [0.25, 0.3) is 0 Å². The summed E-state index contributed by atoms with van der Waals surface area (Å²) in [6, 6.07) is 29.6. The van der Waals surface area contributed by atoms with Crippen LogP contribution in [0.5, 0.6) is 0 Å². The Kier molecular flexibility index (Phi) is 4.20. The molecule has 0 spiro atoms. The lowest BCUT2D eigenvalue weighted by atomic mass is 9.98. The van der Waals surface area contributed by atoms with Crippen LogP contribution in [0.4, 0.5) is 0 Å². The van der Waals surface area contributed by atoms with Gasteiger partial charge in [0.05, 0.1) is 0 Å². The summed E-state index contributed by atoms with van der Waals surface area (Å²) < 4.78 is 0. The quantitative estimate of drug-likeness (QED) is 0.332. The molecule has 0 atom stereocenters. The van der Waals surface area contributed by atoms with Gasteiger partial charge >= 0.3 is 0 Å². The van der Waals surface area contributed by atoms with E-state index in [1.807, 2.05) is 18.2 Å². The van der Waals surface area contributed by atoms with Crippen LogP contribution in [0, 0.1) is 13.8 Å². The van der Waals surface area contributed by atoms with Gasteiger partial charge in [-0.3, -0.25) is 0 Å². The van der Waals surface area contributed by atoms with Gasteiger partial charge < -0.3 is 0 Å². The maximum absolute atomic E-state index is 2.26. The summed E-state index contributed by atoms with van der Waals surface area (Å²) in [5, 5.41) is 5.37. The van der Waals surface area contributed by atoms with E-state index in [0.29, 0.717) is 0 Å². The van der Waals surface area contributed by atoms with Crippen LogP contribution in [-0.2, 0) is 0 Å². The van der Waals surface area contributed by atoms with Gasteiger partial charge in [0.15, 0.2) is 0 Å². The number of fused-ring (bicyclic) bond motifs is 2. The Labute approximate surface area is 132 Å². The first kappa shape index (κ1) is 14.3. The lowest BCUT2D eigenvalue weighted by molar-refractivity contribution is 1.48. The van der Waals surface area contributed by atoms with E-state index < -0.39 is 0 Å². The van der Waals surface area contributed by atoms with E-state index in [2.05, 4.69) is 80.6 Å². The largest absolute Gasteiger partial charge is 0.0622 e. The van der Waals surface area contributed by atoms with E-state index in [1.165, 1.54) is 32.7 Å². The van der Waals surface area contributed by atoms with Crippen LogP contribution < -0.4 is 0 Å². The highest BCUT2D eigenvalue weighted by atomic mass is 14.1. The van der Waals surface area contributed by atoms with Gasteiger partial charge in [-0.05, 0) is 47.0 Å². The number of aryl methyl sites for hydroxylation is 2. The van der Waals surface area contributed by atoms with Crippen LogP contribution >= 0.6 is 0 Å². The van der Waals surface area contributed by atoms with Crippen molar-refractivity contribution >= 4 is 21.5 Å². The Balaban J connectivity index is 0.000000174. The molecule has 108 valence electrons. The van der Waals surface area contributed by atoms with Crippen molar-refractivity contribution in [1.82, 2.24) is 0 Å². The Morgan fingerprint density at radius 1 is 0.500 bits per heavy atom. The number of hydrogen-bond acceptors (Lipinski definition) is 0. The average Bonchev–Trinajstić information content (AvgIpc) is 2.57. The second kappa shape index (κ2) is 6.44. The SMILES string of the molecule is Cc1c2ccccc2cc2ccccc12.Cc1ccccc1. The molecule has 0 aliphatic rings. The van der Waals surface area contributed by atoms with E-state index in [0.717, 1.165) is 0 Å². The molecule has 4 aromatic rings. The molecule has 0 saturated heterocycles. The van der Waals surface area contributed by atoms with E-state index in [-0.39, 0.29) is 0 Å². The van der Waals surface area contributed by atoms with Gasteiger partial charge in [-0.25, -0.2) is 0 Å². The first-order valence-electron chi connectivity index (χ1n) is 7.64. The maximum atomic E-state index is 2.26. The molecule has 0 nitrogen and oxygen atoms in total. The van der Waals surface area contributed by atoms with Gasteiger partial charge in [-0.15, -0.1) is 0 Å². The molecule has 22 heavy (non-hydrogen) atoms. The summed E-state index contributed by atoms with van der Waals surface area (Å²) >= 11 is 0. The second-order valence-corrected chi connectivity index (χ2v) is 5.60. The summed E-state index contributed by atoms with van der Waals surface area (Å²) in [6.07, 6.45) is 0. The normalized spacial score (nSPS) is 10.3. The number of hydrogen-bond donors (Lipinski definition) is 0. The van der Waals surface area contributed by atoms with E-state index in [9.17, 15) is 0 Å². The fourth-order valence-corrected chi connectivity index (χ4v) is 2.78.